The van der Waals surface area contributed by atoms with Crippen molar-refractivity contribution in [2.75, 3.05) is 0 Å². The van der Waals surface area contributed by atoms with Gasteiger partial charge in [-0.15, -0.1) is 0 Å². The lowest BCUT2D eigenvalue weighted by molar-refractivity contribution is 1.04. The number of hydrogen-bond acceptors (Lipinski definition) is 2. The number of hydrogen-bond donors (Lipinski definition) is 0. The van der Waals surface area contributed by atoms with Gasteiger partial charge in [-0.2, -0.15) is 0 Å². The third kappa shape index (κ3) is 1.76. The first-order valence-electron chi connectivity index (χ1n) is 5.97. The molecule has 0 saturated carbocycles. The molecule has 1 aromatic heterocycles. The lowest BCUT2D eigenvalue weighted by atomic mass is 10.0. The largest absolute Gasteiger partial charge is 0.237 e. The van der Waals surface area contributed by atoms with Crippen LogP contribution in [0.1, 0.15) is 24.5 Å². The molecule has 1 aliphatic rings. The summed E-state index contributed by atoms with van der Waals surface area (Å²) in [6.07, 6.45) is 8.07. The lowest BCUT2D eigenvalue weighted by Gasteiger charge is -2.05. The molecule has 3 rings (SSSR count). The van der Waals surface area contributed by atoms with Crippen LogP contribution in [-0.4, -0.2) is 9.97 Å². The molecule has 0 N–H and O–H groups in total. The van der Waals surface area contributed by atoms with Crippen molar-refractivity contribution >= 4 is 6.08 Å². The fourth-order valence-corrected chi connectivity index (χ4v) is 2.30. The Morgan fingerprint density at radius 3 is 2.71 bits per heavy atom. The number of rotatable bonds is 2. The summed E-state index contributed by atoms with van der Waals surface area (Å²) >= 11 is 0. The quantitative estimate of drug-likeness (QED) is 0.777. The Hall–Kier alpha value is -1.96. The van der Waals surface area contributed by atoms with Crippen LogP contribution in [0.4, 0.5) is 0 Å². The second kappa shape index (κ2) is 4.13. The molecule has 17 heavy (non-hydrogen) atoms. The van der Waals surface area contributed by atoms with E-state index in [-0.39, 0.29) is 0 Å². The van der Waals surface area contributed by atoms with E-state index in [1.54, 1.807) is 12.4 Å². The highest BCUT2D eigenvalue weighted by Gasteiger charge is 2.16. The van der Waals surface area contributed by atoms with Gasteiger partial charge in [-0.1, -0.05) is 36.8 Å². The maximum atomic E-state index is 4.34. The van der Waals surface area contributed by atoms with Gasteiger partial charge >= 0.3 is 0 Å². The minimum Gasteiger partial charge on any atom is -0.237 e. The van der Waals surface area contributed by atoms with Crippen molar-refractivity contribution < 1.29 is 0 Å². The molecule has 0 spiro atoms. The van der Waals surface area contributed by atoms with Crippen LogP contribution in [0.2, 0.25) is 0 Å². The maximum absolute atomic E-state index is 4.34. The van der Waals surface area contributed by atoms with Gasteiger partial charge < -0.3 is 0 Å². The van der Waals surface area contributed by atoms with E-state index in [1.807, 2.05) is 6.07 Å². The Morgan fingerprint density at radius 2 is 1.94 bits per heavy atom. The summed E-state index contributed by atoms with van der Waals surface area (Å²) in [5.74, 6) is 0.818. The average Bonchev–Trinajstić information content (AvgIpc) is 2.82. The molecule has 0 amide bonds. The lowest BCUT2D eigenvalue weighted by Crippen LogP contribution is -1.91. The van der Waals surface area contributed by atoms with Crippen molar-refractivity contribution in [3.8, 4) is 11.4 Å². The third-order valence-electron chi connectivity index (χ3n) is 3.22. The first-order valence-corrected chi connectivity index (χ1v) is 5.97. The van der Waals surface area contributed by atoms with Gasteiger partial charge in [0.25, 0.3) is 0 Å². The first-order chi connectivity index (χ1) is 8.38. The first kappa shape index (κ1) is 10.2. The zero-order chi connectivity index (χ0) is 11.7. The van der Waals surface area contributed by atoms with Gasteiger partial charge in [0.1, 0.15) is 0 Å². The highest BCUT2D eigenvalue weighted by atomic mass is 14.9. The van der Waals surface area contributed by atoms with E-state index in [0.29, 0.717) is 0 Å². The highest BCUT2D eigenvalue weighted by Crippen LogP contribution is 2.33. The Morgan fingerprint density at radius 1 is 1.12 bits per heavy atom. The molecule has 2 aromatic rings. The number of allylic oxidation sites excluding steroid dienone is 1. The van der Waals surface area contributed by atoms with E-state index in [2.05, 4.69) is 41.2 Å². The standard InChI is InChI=1S/C15H14N2/c1-2-11-9-12-5-3-6-13(14(12)10-11)15-16-7-4-8-17-15/h3-8,10H,2,9H2,1H3. The Balaban J connectivity index is 2.15. The van der Waals surface area contributed by atoms with Crippen LogP contribution in [0.3, 0.4) is 0 Å². The van der Waals surface area contributed by atoms with E-state index in [4.69, 9.17) is 0 Å². The van der Waals surface area contributed by atoms with Gasteiger partial charge in [0, 0.05) is 18.0 Å². The van der Waals surface area contributed by atoms with Crippen LogP contribution in [0.5, 0.6) is 0 Å². The van der Waals surface area contributed by atoms with E-state index in [0.717, 1.165) is 24.2 Å². The van der Waals surface area contributed by atoms with Crippen LogP contribution < -0.4 is 0 Å². The van der Waals surface area contributed by atoms with E-state index in [1.165, 1.54) is 16.7 Å². The zero-order valence-electron chi connectivity index (χ0n) is 9.85. The molecule has 1 heterocycles. The normalized spacial score (nSPS) is 13.4. The van der Waals surface area contributed by atoms with Gasteiger partial charge in [-0.25, -0.2) is 9.97 Å². The van der Waals surface area contributed by atoms with Gasteiger partial charge in [-0.3, -0.25) is 0 Å². The molecule has 0 saturated heterocycles. The molecule has 0 atom stereocenters. The molecule has 1 aromatic carbocycles. The fraction of sp³-hybridized carbons (Fsp3) is 0.200. The summed E-state index contributed by atoms with van der Waals surface area (Å²) in [6, 6.07) is 8.24. The SMILES string of the molecule is CCC1=Cc2c(cccc2-c2ncccn2)C1. The predicted molar refractivity (Wildman–Crippen MR) is 69.4 cm³/mol. The van der Waals surface area contributed by atoms with Gasteiger partial charge in [0.2, 0.25) is 0 Å². The summed E-state index contributed by atoms with van der Waals surface area (Å²) < 4.78 is 0. The van der Waals surface area contributed by atoms with E-state index >= 15 is 0 Å². The zero-order valence-corrected chi connectivity index (χ0v) is 9.85. The Kier molecular flexibility index (Phi) is 2.48. The molecule has 2 heteroatoms. The van der Waals surface area contributed by atoms with Crippen molar-refractivity contribution in [2.24, 2.45) is 0 Å². The van der Waals surface area contributed by atoms with Gasteiger partial charge in [0.05, 0.1) is 0 Å². The van der Waals surface area contributed by atoms with Crippen LogP contribution >= 0.6 is 0 Å². The summed E-state index contributed by atoms with van der Waals surface area (Å²) in [6.45, 7) is 2.20. The maximum Gasteiger partial charge on any atom is 0.159 e. The van der Waals surface area contributed by atoms with Crippen molar-refractivity contribution in [3.05, 3.63) is 53.4 Å². The monoisotopic (exact) mass is 222 g/mol. The summed E-state index contributed by atoms with van der Waals surface area (Å²) in [5.41, 5.74) is 5.33. The summed E-state index contributed by atoms with van der Waals surface area (Å²) in [4.78, 5) is 8.67. The number of nitrogens with zero attached hydrogens (tertiary/aromatic N) is 2. The molecular weight excluding hydrogens is 208 g/mol. The molecule has 0 fully saturated rings. The van der Waals surface area contributed by atoms with Crippen molar-refractivity contribution in [1.29, 1.82) is 0 Å². The second-order valence-electron chi connectivity index (χ2n) is 4.28. The van der Waals surface area contributed by atoms with Crippen LogP contribution in [0.15, 0.2) is 42.2 Å². The number of fused-ring (bicyclic) bond motifs is 1. The second-order valence-corrected chi connectivity index (χ2v) is 4.28. The molecule has 0 aliphatic heterocycles. The van der Waals surface area contributed by atoms with Crippen LogP contribution in [0.25, 0.3) is 17.5 Å². The Labute approximate surface area is 101 Å². The number of aromatic nitrogens is 2. The van der Waals surface area contributed by atoms with Crippen molar-refractivity contribution in [3.63, 3.8) is 0 Å². The minimum absolute atomic E-state index is 0.818. The molecule has 1 aliphatic carbocycles. The molecule has 0 unspecified atom stereocenters. The van der Waals surface area contributed by atoms with Crippen molar-refractivity contribution in [1.82, 2.24) is 9.97 Å². The van der Waals surface area contributed by atoms with Gasteiger partial charge in [0.15, 0.2) is 5.82 Å². The predicted octanol–water partition coefficient (Wildman–Crippen LogP) is 3.49. The third-order valence-corrected chi connectivity index (χ3v) is 3.22. The van der Waals surface area contributed by atoms with E-state index < -0.39 is 0 Å². The highest BCUT2D eigenvalue weighted by molar-refractivity contribution is 5.77. The van der Waals surface area contributed by atoms with Crippen LogP contribution in [-0.2, 0) is 6.42 Å². The minimum atomic E-state index is 0.818. The Bertz CT molecular complexity index is 571. The summed E-state index contributed by atoms with van der Waals surface area (Å²) in [7, 11) is 0. The van der Waals surface area contributed by atoms with Gasteiger partial charge in [-0.05, 0) is 30.0 Å². The fourth-order valence-electron chi connectivity index (χ4n) is 2.30. The summed E-state index contributed by atoms with van der Waals surface area (Å²) in [5, 5.41) is 0. The van der Waals surface area contributed by atoms with Crippen LogP contribution in [0, 0.1) is 0 Å². The van der Waals surface area contributed by atoms with Crippen molar-refractivity contribution in [2.45, 2.75) is 19.8 Å². The topological polar surface area (TPSA) is 25.8 Å². The smallest absolute Gasteiger partial charge is 0.159 e. The molecule has 2 nitrogen and oxygen atoms in total. The molecule has 0 radical (unpaired) electrons. The molecular formula is C15H14N2. The average molecular weight is 222 g/mol. The van der Waals surface area contributed by atoms with E-state index in [9.17, 15) is 0 Å². The number of benzene rings is 1. The molecule has 0 bridgehead atoms. The molecule has 84 valence electrons.